The van der Waals surface area contributed by atoms with Gasteiger partial charge < -0.3 is 11.1 Å². The Balaban J connectivity index is 1.76. The minimum absolute atomic E-state index is 0.430. The van der Waals surface area contributed by atoms with E-state index in [1.807, 2.05) is 0 Å². The van der Waals surface area contributed by atoms with Crippen molar-refractivity contribution in [2.24, 2.45) is 5.73 Å². The van der Waals surface area contributed by atoms with E-state index in [1.54, 1.807) is 0 Å². The average molecular weight is 168 g/mol. The maximum absolute atomic E-state index is 6.04. The summed E-state index contributed by atoms with van der Waals surface area (Å²) in [6, 6.07) is 1.86. The van der Waals surface area contributed by atoms with Crippen molar-refractivity contribution in [1.82, 2.24) is 5.32 Å². The summed E-state index contributed by atoms with van der Waals surface area (Å²) in [7, 11) is 0. The van der Waals surface area contributed by atoms with Crippen LogP contribution in [-0.2, 0) is 0 Å². The first-order valence-electron chi connectivity index (χ1n) is 5.38. The van der Waals surface area contributed by atoms with Crippen molar-refractivity contribution in [2.45, 2.75) is 63.1 Å². The number of nitrogens with one attached hydrogen (secondary N) is 1. The quantitative estimate of drug-likeness (QED) is 0.654. The Morgan fingerprint density at radius 3 is 2.25 bits per heavy atom. The molecule has 0 spiro atoms. The smallest absolute Gasteiger partial charge is 0.0221 e. The largest absolute Gasteiger partial charge is 0.326 e. The SMILES string of the molecule is N[C@@H]1CCCC[C@H]1NC1CCC1. The molecule has 2 atom stereocenters. The van der Waals surface area contributed by atoms with Crippen molar-refractivity contribution < 1.29 is 0 Å². The van der Waals surface area contributed by atoms with E-state index in [1.165, 1.54) is 44.9 Å². The molecular weight excluding hydrogens is 148 g/mol. The highest BCUT2D eigenvalue weighted by Gasteiger charge is 2.26. The lowest BCUT2D eigenvalue weighted by atomic mass is 9.87. The van der Waals surface area contributed by atoms with Crippen molar-refractivity contribution in [2.75, 3.05) is 0 Å². The molecule has 2 saturated carbocycles. The fraction of sp³-hybridized carbons (Fsp3) is 1.00. The van der Waals surface area contributed by atoms with Gasteiger partial charge in [0, 0.05) is 18.1 Å². The zero-order chi connectivity index (χ0) is 8.39. The molecule has 2 nitrogen and oxygen atoms in total. The molecule has 0 aromatic carbocycles. The first-order chi connectivity index (χ1) is 5.86. The Labute approximate surface area is 74.9 Å². The lowest BCUT2D eigenvalue weighted by Crippen LogP contribution is -2.52. The van der Waals surface area contributed by atoms with Crippen molar-refractivity contribution in [3.63, 3.8) is 0 Å². The van der Waals surface area contributed by atoms with Gasteiger partial charge in [0.25, 0.3) is 0 Å². The van der Waals surface area contributed by atoms with Gasteiger partial charge in [0.15, 0.2) is 0 Å². The third kappa shape index (κ3) is 1.80. The molecule has 70 valence electrons. The van der Waals surface area contributed by atoms with E-state index in [0.717, 1.165) is 6.04 Å². The van der Waals surface area contributed by atoms with Gasteiger partial charge in [-0.2, -0.15) is 0 Å². The number of hydrogen-bond donors (Lipinski definition) is 2. The van der Waals surface area contributed by atoms with Crippen LogP contribution in [0.4, 0.5) is 0 Å². The number of rotatable bonds is 2. The summed E-state index contributed by atoms with van der Waals surface area (Å²) in [5.41, 5.74) is 6.04. The second kappa shape index (κ2) is 3.75. The van der Waals surface area contributed by atoms with Gasteiger partial charge in [-0.3, -0.25) is 0 Å². The topological polar surface area (TPSA) is 38.0 Å². The molecule has 0 unspecified atom stereocenters. The van der Waals surface area contributed by atoms with E-state index in [9.17, 15) is 0 Å². The van der Waals surface area contributed by atoms with E-state index in [-0.39, 0.29) is 0 Å². The average Bonchev–Trinajstić information content (AvgIpc) is 2.00. The Bertz CT molecular complexity index is 143. The monoisotopic (exact) mass is 168 g/mol. The molecule has 2 fully saturated rings. The Hall–Kier alpha value is -0.0800. The van der Waals surface area contributed by atoms with Crippen LogP contribution < -0.4 is 11.1 Å². The molecular formula is C10H20N2. The number of hydrogen-bond acceptors (Lipinski definition) is 2. The minimum atomic E-state index is 0.430. The summed E-state index contributed by atoms with van der Waals surface area (Å²) < 4.78 is 0. The van der Waals surface area contributed by atoms with Gasteiger partial charge in [0.1, 0.15) is 0 Å². The van der Waals surface area contributed by atoms with Crippen LogP contribution in [0.1, 0.15) is 44.9 Å². The van der Waals surface area contributed by atoms with Crippen LogP contribution in [0.3, 0.4) is 0 Å². The molecule has 12 heavy (non-hydrogen) atoms. The van der Waals surface area contributed by atoms with Gasteiger partial charge in [-0.1, -0.05) is 19.3 Å². The highest BCUT2D eigenvalue weighted by molar-refractivity contribution is 4.88. The highest BCUT2D eigenvalue weighted by atomic mass is 15.0. The van der Waals surface area contributed by atoms with Gasteiger partial charge >= 0.3 is 0 Å². The first kappa shape index (κ1) is 8.52. The molecule has 0 aromatic rings. The standard InChI is InChI=1S/C10H20N2/c11-9-6-1-2-7-10(9)12-8-4-3-5-8/h8-10,12H,1-7,11H2/t9-,10-/m1/s1. The van der Waals surface area contributed by atoms with Gasteiger partial charge in [-0.15, -0.1) is 0 Å². The van der Waals surface area contributed by atoms with Crippen LogP contribution in [-0.4, -0.2) is 18.1 Å². The van der Waals surface area contributed by atoms with E-state index in [4.69, 9.17) is 5.73 Å². The molecule has 2 rings (SSSR count). The molecule has 2 aliphatic carbocycles. The normalized spacial score (nSPS) is 37.8. The van der Waals surface area contributed by atoms with Gasteiger partial charge in [0.05, 0.1) is 0 Å². The second-order valence-electron chi connectivity index (χ2n) is 4.35. The van der Waals surface area contributed by atoms with Crippen LogP contribution in [0.25, 0.3) is 0 Å². The lowest BCUT2D eigenvalue weighted by molar-refractivity contribution is 0.246. The van der Waals surface area contributed by atoms with Crippen LogP contribution in [0.2, 0.25) is 0 Å². The highest BCUT2D eigenvalue weighted by Crippen LogP contribution is 2.23. The molecule has 0 radical (unpaired) electrons. The lowest BCUT2D eigenvalue weighted by Gasteiger charge is -2.36. The predicted octanol–water partition coefficient (Wildman–Crippen LogP) is 1.40. The molecule has 0 amide bonds. The summed E-state index contributed by atoms with van der Waals surface area (Å²) in [6.45, 7) is 0. The molecule has 2 aliphatic rings. The molecule has 3 N–H and O–H groups in total. The van der Waals surface area contributed by atoms with Crippen LogP contribution >= 0.6 is 0 Å². The zero-order valence-corrected chi connectivity index (χ0v) is 7.76. The van der Waals surface area contributed by atoms with Gasteiger partial charge in [-0.05, 0) is 25.7 Å². The predicted molar refractivity (Wildman–Crippen MR) is 51.0 cm³/mol. The van der Waals surface area contributed by atoms with Crippen LogP contribution in [0, 0.1) is 0 Å². The van der Waals surface area contributed by atoms with Crippen molar-refractivity contribution >= 4 is 0 Å². The van der Waals surface area contributed by atoms with E-state index in [2.05, 4.69) is 5.32 Å². The van der Waals surface area contributed by atoms with Crippen molar-refractivity contribution in [3.8, 4) is 0 Å². The molecule has 0 heterocycles. The minimum Gasteiger partial charge on any atom is -0.326 e. The number of nitrogens with two attached hydrogens (primary N) is 1. The Kier molecular flexibility index (Phi) is 2.66. The molecule has 2 heteroatoms. The molecule has 0 aliphatic heterocycles. The van der Waals surface area contributed by atoms with Crippen molar-refractivity contribution in [3.05, 3.63) is 0 Å². The van der Waals surface area contributed by atoms with Gasteiger partial charge in [0.2, 0.25) is 0 Å². The third-order valence-corrected chi connectivity index (χ3v) is 3.37. The van der Waals surface area contributed by atoms with E-state index in [0.29, 0.717) is 12.1 Å². The summed E-state index contributed by atoms with van der Waals surface area (Å²) >= 11 is 0. The summed E-state index contributed by atoms with van der Waals surface area (Å²) in [6.07, 6.45) is 9.41. The van der Waals surface area contributed by atoms with E-state index >= 15 is 0 Å². The summed E-state index contributed by atoms with van der Waals surface area (Å²) in [5, 5.41) is 3.68. The maximum Gasteiger partial charge on any atom is 0.0221 e. The molecule has 0 saturated heterocycles. The third-order valence-electron chi connectivity index (χ3n) is 3.37. The molecule has 0 bridgehead atoms. The van der Waals surface area contributed by atoms with E-state index < -0.39 is 0 Å². The summed E-state index contributed by atoms with van der Waals surface area (Å²) in [4.78, 5) is 0. The van der Waals surface area contributed by atoms with Crippen LogP contribution in [0.15, 0.2) is 0 Å². The van der Waals surface area contributed by atoms with Crippen LogP contribution in [0.5, 0.6) is 0 Å². The van der Waals surface area contributed by atoms with Gasteiger partial charge in [-0.25, -0.2) is 0 Å². The Morgan fingerprint density at radius 2 is 1.67 bits per heavy atom. The molecule has 0 aromatic heterocycles. The maximum atomic E-state index is 6.04. The Morgan fingerprint density at radius 1 is 0.917 bits per heavy atom. The van der Waals surface area contributed by atoms with Crippen molar-refractivity contribution in [1.29, 1.82) is 0 Å². The zero-order valence-electron chi connectivity index (χ0n) is 7.76. The summed E-state index contributed by atoms with van der Waals surface area (Å²) in [5.74, 6) is 0. The fourth-order valence-electron chi connectivity index (χ4n) is 2.24. The second-order valence-corrected chi connectivity index (χ2v) is 4.35. The fourth-order valence-corrected chi connectivity index (χ4v) is 2.24. The first-order valence-corrected chi connectivity index (χ1v) is 5.38.